The highest BCUT2D eigenvalue weighted by molar-refractivity contribution is 7.91. The predicted molar refractivity (Wildman–Crippen MR) is 84.4 cm³/mol. The molecule has 1 heterocycles. The average molecular weight is 312 g/mol. The quantitative estimate of drug-likeness (QED) is 0.846. The summed E-state index contributed by atoms with van der Waals surface area (Å²) in [7, 11) is -0.906. The molecule has 0 spiro atoms. The number of nitrogens with one attached hydrogen (secondary N) is 1. The molecule has 1 aliphatic rings. The molecule has 0 aromatic heterocycles. The van der Waals surface area contributed by atoms with Gasteiger partial charge in [-0.2, -0.15) is 0 Å². The normalized spacial score (nSPS) is 19.1. The zero-order chi connectivity index (χ0) is 15.1. The van der Waals surface area contributed by atoms with Crippen molar-refractivity contribution < 1.29 is 13.2 Å². The summed E-state index contributed by atoms with van der Waals surface area (Å²) < 4.78 is 28.8. The van der Waals surface area contributed by atoms with Gasteiger partial charge in [-0.1, -0.05) is 12.1 Å². The Kier molecular flexibility index (Phi) is 6.02. The fraction of sp³-hybridized carbons (Fsp3) is 0.600. The van der Waals surface area contributed by atoms with Gasteiger partial charge in [0, 0.05) is 19.6 Å². The summed E-state index contributed by atoms with van der Waals surface area (Å²) in [5.41, 5.74) is 1.22. The van der Waals surface area contributed by atoms with Crippen LogP contribution in [0.5, 0.6) is 5.75 Å². The second-order valence-corrected chi connectivity index (χ2v) is 7.67. The molecule has 0 saturated carbocycles. The summed E-state index contributed by atoms with van der Waals surface area (Å²) in [6.45, 7) is 3.66. The van der Waals surface area contributed by atoms with E-state index >= 15 is 0 Å². The van der Waals surface area contributed by atoms with E-state index < -0.39 is 9.84 Å². The first-order chi connectivity index (χ1) is 10.1. The first kappa shape index (κ1) is 16.3. The molecule has 0 atom stereocenters. The van der Waals surface area contributed by atoms with Crippen molar-refractivity contribution in [1.82, 2.24) is 10.2 Å². The third-order valence-corrected chi connectivity index (χ3v) is 5.34. The lowest BCUT2D eigenvalue weighted by Crippen LogP contribution is -2.31. The van der Waals surface area contributed by atoms with Gasteiger partial charge < -0.3 is 10.1 Å². The van der Waals surface area contributed by atoms with E-state index in [9.17, 15) is 8.42 Å². The highest BCUT2D eigenvalue weighted by Gasteiger charge is 2.18. The number of rotatable bonds is 6. The van der Waals surface area contributed by atoms with Crippen LogP contribution in [0.4, 0.5) is 0 Å². The minimum atomic E-state index is -2.83. The molecule has 1 aliphatic heterocycles. The molecule has 118 valence electrons. The highest BCUT2D eigenvalue weighted by atomic mass is 32.2. The third kappa shape index (κ3) is 5.65. The zero-order valence-electron chi connectivity index (χ0n) is 12.5. The molecule has 5 nitrogen and oxygen atoms in total. The topological polar surface area (TPSA) is 58.6 Å². The Morgan fingerprint density at radius 3 is 2.67 bits per heavy atom. The van der Waals surface area contributed by atoms with Gasteiger partial charge in [-0.25, -0.2) is 8.42 Å². The second-order valence-electron chi connectivity index (χ2n) is 5.37. The van der Waals surface area contributed by atoms with E-state index in [1.807, 2.05) is 31.3 Å². The molecule has 0 amide bonds. The SMILES string of the molecule is CNCc1ccc(OCCN2CCCS(=O)(=O)CC2)cc1. The lowest BCUT2D eigenvalue weighted by Gasteiger charge is -2.19. The Bertz CT molecular complexity index is 528. The monoisotopic (exact) mass is 312 g/mol. The highest BCUT2D eigenvalue weighted by Crippen LogP contribution is 2.12. The summed E-state index contributed by atoms with van der Waals surface area (Å²) in [5, 5.41) is 3.11. The van der Waals surface area contributed by atoms with Crippen LogP contribution in [0.1, 0.15) is 12.0 Å². The maximum atomic E-state index is 11.5. The number of ether oxygens (including phenoxy) is 1. The molecule has 6 heteroatoms. The molecule has 0 bridgehead atoms. The fourth-order valence-corrected chi connectivity index (χ4v) is 3.72. The van der Waals surface area contributed by atoms with Crippen molar-refractivity contribution in [1.29, 1.82) is 0 Å². The van der Waals surface area contributed by atoms with Crippen molar-refractivity contribution in [2.45, 2.75) is 13.0 Å². The van der Waals surface area contributed by atoms with Gasteiger partial charge >= 0.3 is 0 Å². The van der Waals surface area contributed by atoms with Crippen molar-refractivity contribution in [3.05, 3.63) is 29.8 Å². The first-order valence-electron chi connectivity index (χ1n) is 7.38. The van der Waals surface area contributed by atoms with Gasteiger partial charge in [0.2, 0.25) is 0 Å². The van der Waals surface area contributed by atoms with E-state index in [0.717, 1.165) is 31.8 Å². The number of hydrogen-bond donors (Lipinski definition) is 1. The van der Waals surface area contributed by atoms with Crippen molar-refractivity contribution >= 4 is 9.84 Å². The standard InChI is InChI=1S/C15H24N2O3S/c1-16-13-14-3-5-15(6-4-14)20-10-8-17-7-2-11-21(18,19)12-9-17/h3-6,16H,2,7-13H2,1H3. The van der Waals surface area contributed by atoms with Gasteiger partial charge in [-0.3, -0.25) is 4.90 Å². The van der Waals surface area contributed by atoms with Gasteiger partial charge in [0.15, 0.2) is 9.84 Å². The largest absolute Gasteiger partial charge is 0.492 e. The van der Waals surface area contributed by atoms with Gasteiger partial charge in [-0.05, 0) is 37.7 Å². The molecule has 0 aliphatic carbocycles. The maximum absolute atomic E-state index is 11.5. The van der Waals surface area contributed by atoms with E-state index in [2.05, 4.69) is 10.2 Å². The minimum Gasteiger partial charge on any atom is -0.492 e. The predicted octanol–water partition coefficient (Wildman–Crippen LogP) is 0.905. The van der Waals surface area contributed by atoms with Crippen LogP contribution in [0.25, 0.3) is 0 Å². The molecular weight excluding hydrogens is 288 g/mol. The number of hydrogen-bond acceptors (Lipinski definition) is 5. The minimum absolute atomic E-state index is 0.270. The summed E-state index contributed by atoms with van der Waals surface area (Å²) in [4.78, 5) is 2.17. The first-order valence-corrected chi connectivity index (χ1v) is 9.20. The molecule has 0 unspecified atom stereocenters. The number of nitrogens with zero attached hydrogens (tertiary/aromatic N) is 1. The Hall–Kier alpha value is -1.11. The summed E-state index contributed by atoms with van der Waals surface area (Å²) in [6, 6.07) is 8.04. The van der Waals surface area contributed by atoms with Crippen molar-refractivity contribution in [3.8, 4) is 5.75 Å². The Balaban J connectivity index is 1.73. The average Bonchev–Trinajstić information content (AvgIpc) is 2.62. The van der Waals surface area contributed by atoms with Gasteiger partial charge in [0.1, 0.15) is 12.4 Å². The van der Waals surface area contributed by atoms with E-state index in [1.54, 1.807) is 0 Å². The van der Waals surface area contributed by atoms with Gasteiger partial charge in [0.05, 0.1) is 11.5 Å². The molecule has 21 heavy (non-hydrogen) atoms. The molecular formula is C15H24N2O3S. The van der Waals surface area contributed by atoms with E-state index in [4.69, 9.17) is 4.74 Å². The number of sulfone groups is 1. The molecule has 1 saturated heterocycles. The van der Waals surface area contributed by atoms with Crippen LogP contribution in [0.2, 0.25) is 0 Å². The summed E-state index contributed by atoms with van der Waals surface area (Å²) >= 11 is 0. The van der Waals surface area contributed by atoms with Gasteiger partial charge in [0.25, 0.3) is 0 Å². The van der Waals surface area contributed by atoms with E-state index in [0.29, 0.717) is 18.9 Å². The van der Waals surface area contributed by atoms with Crippen LogP contribution in [0, 0.1) is 0 Å². The molecule has 0 radical (unpaired) electrons. The Labute approximate surface area is 127 Å². The fourth-order valence-electron chi connectivity index (χ4n) is 2.41. The smallest absolute Gasteiger partial charge is 0.151 e. The third-order valence-electron chi connectivity index (χ3n) is 3.63. The lowest BCUT2D eigenvalue weighted by molar-refractivity contribution is 0.219. The number of benzene rings is 1. The van der Waals surface area contributed by atoms with Gasteiger partial charge in [-0.15, -0.1) is 0 Å². The summed E-state index contributed by atoms with van der Waals surface area (Å²) in [5.74, 6) is 1.44. The molecule has 1 N–H and O–H groups in total. The molecule has 1 fully saturated rings. The second kappa shape index (κ2) is 7.77. The van der Waals surface area contributed by atoms with Crippen LogP contribution in [0.15, 0.2) is 24.3 Å². The van der Waals surface area contributed by atoms with Crippen LogP contribution in [0.3, 0.4) is 0 Å². The Morgan fingerprint density at radius 1 is 1.19 bits per heavy atom. The Morgan fingerprint density at radius 2 is 1.95 bits per heavy atom. The van der Waals surface area contributed by atoms with E-state index in [-0.39, 0.29) is 5.75 Å². The molecule has 1 aromatic rings. The van der Waals surface area contributed by atoms with E-state index in [1.165, 1.54) is 5.56 Å². The van der Waals surface area contributed by atoms with Crippen molar-refractivity contribution in [2.75, 3.05) is 44.8 Å². The zero-order valence-corrected chi connectivity index (χ0v) is 13.4. The molecule has 1 aromatic carbocycles. The van der Waals surface area contributed by atoms with Crippen LogP contribution >= 0.6 is 0 Å². The maximum Gasteiger partial charge on any atom is 0.151 e. The van der Waals surface area contributed by atoms with Crippen molar-refractivity contribution in [2.24, 2.45) is 0 Å². The summed E-state index contributed by atoms with van der Waals surface area (Å²) in [6.07, 6.45) is 0.723. The van der Waals surface area contributed by atoms with Crippen LogP contribution in [-0.4, -0.2) is 58.1 Å². The van der Waals surface area contributed by atoms with Crippen molar-refractivity contribution in [3.63, 3.8) is 0 Å². The van der Waals surface area contributed by atoms with Crippen LogP contribution in [-0.2, 0) is 16.4 Å². The molecule has 2 rings (SSSR count). The van der Waals surface area contributed by atoms with Crippen LogP contribution < -0.4 is 10.1 Å². The lowest BCUT2D eigenvalue weighted by atomic mass is 10.2.